The standard InChI is InChI=1S/C17H15BrN2OS2/c1-11-20-15(10-22-11)16-7-6-12(23-16)8-9-19-17(21)13-4-2-3-5-14(13)18/h2-7,10H,8-9H2,1H3,(H,19,21). The number of rotatable bonds is 5. The average molecular weight is 407 g/mol. The Bertz CT molecular complexity index is 825. The number of hydrogen-bond acceptors (Lipinski definition) is 4. The van der Waals surface area contributed by atoms with E-state index < -0.39 is 0 Å². The van der Waals surface area contributed by atoms with Crippen molar-refractivity contribution in [3.8, 4) is 10.6 Å². The van der Waals surface area contributed by atoms with Crippen LogP contribution in [0.2, 0.25) is 0 Å². The highest BCUT2D eigenvalue weighted by atomic mass is 79.9. The summed E-state index contributed by atoms with van der Waals surface area (Å²) in [6, 6.07) is 11.7. The van der Waals surface area contributed by atoms with Crippen molar-refractivity contribution in [3.05, 3.63) is 61.7 Å². The van der Waals surface area contributed by atoms with Gasteiger partial charge in [0.2, 0.25) is 0 Å². The molecule has 0 aliphatic heterocycles. The van der Waals surface area contributed by atoms with E-state index in [1.165, 1.54) is 9.75 Å². The zero-order valence-electron chi connectivity index (χ0n) is 12.5. The molecule has 0 saturated carbocycles. The van der Waals surface area contributed by atoms with E-state index >= 15 is 0 Å². The molecule has 0 atom stereocenters. The van der Waals surface area contributed by atoms with Gasteiger partial charge in [-0.2, -0.15) is 0 Å². The van der Waals surface area contributed by atoms with E-state index in [-0.39, 0.29) is 5.91 Å². The molecule has 1 aromatic carbocycles. The van der Waals surface area contributed by atoms with Crippen LogP contribution in [0.4, 0.5) is 0 Å². The first-order valence-electron chi connectivity index (χ1n) is 7.17. The highest BCUT2D eigenvalue weighted by molar-refractivity contribution is 9.10. The number of thiophene rings is 1. The average Bonchev–Trinajstić information content (AvgIpc) is 3.16. The molecule has 0 saturated heterocycles. The Balaban J connectivity index is 1.56. The second kappa shape index (κ2) is 7.38. The molecule has 2 heterocycles. The van der Waals surface area contributed by atoms with Gasteiger partial charge in [-0.05, 0) is 53.5 Å². The maximum absolute atomic E-state index is 12.1. The van der Waals surface area contributed by atoms with Crippen LogP contribution in [-0.4, -0.2) is 17.4 Å². The lowest BCUT2D eigenvalue weighted by atomic mass is 10.2. The summed E-state index contributed by atoms with van der Waals surface area (Å²) in [7, 11) is 0. The SMILES string of the molecule is Cc1nc(-c2ccc(CCNC(=O)c3ccccc3Br)s2)cs1. The predicted molar refractivity (Wildman–Crippen MR) is 100 cm³/mol. The van der Waals surface area contributed by atoms with E-state index in [9.17, 15) is 4.79 Å². The van der Waals surface area contributed by atoms with Crippen molar-refractivity contribution in [2.24, 2.45) is 0 Å². The summed E-state index contributed by atoms with van der Waals surface area (Å²) >= 11 is 6.80. The largest absolute Gasteiger partial charge is 0.352 e. The van der Waals surface area contributed by atoms with Crippen LogP contribution >= 0.6 is 38.6 Å². The van der Waals surface area contributed by atoms with Crippen LogP contribution < -0.4 is 5.32 Å². The Labute approximate surface area is 151 Å². The van der Waals surface area contributed by atoms with Crippen LogP contribution in [0.5, 0.6) is 0 Å². The normalized spacial score (nSPS) is 10.7. The van der Waals surface area contributed by atoms with Gasteiger partial charge in [0.25, 0.3) is 5.91 Å². The van der Waals surface area contributed by atoms with E-state index in [1.807, 2.05) is 31.2 Å². The number of carbonyl (C=O) groups is 1. The minimum absolute atomic E-state index is 0.0515. The van der Waals surface area contributed by atoms with Crippen molar-refractivity contribution < 1.29 is 4.79 Å². The highest BCUT2D eigenvalue weighted by Gasteiger charge is 2.09. The van der Waals surface area contributed by atoms with Gasteiger partial charge < -0.3 is 5.32 Å². The predicted octanol–water partition coefficient (Wildman–Crippen LogP) is 4.92. The monoisotopic (exact) mass is 406 g/mol. The lowest BCUT2D eigenvalue weighted by Gasteiger charge is -2.05. The molecule has 3 aromatic rings. The number of amides is 1. The number of aromatic nitrogens is 1. The van der Waals surface area contributed by atoms with E-state index in [4.69, 9.17) is 0 Å². The third kappa shape index (κ3) is 4.07. The molecule has 1 amide bonds. The molecular weight excluding hydrogens is 392 g/mol. The highest BCUT2D eigenvalue weighted by Crippen LogP contribution is 2.29. The first-order valence-corrected chi connectivity index (χ1v) is 9.66. The second-order valence-corrected chi connectivity index (χ2v) is 8.09. The fraction of sp³-hybridized carbons (Fsp3) is 0.176. The van der Waals surface area contributed by atoms with Crippen LogP contribution in [0.15, 0.2) is 46.3 Å². The third-order valence-electron chi connectivity index (χ3n) is 3.31. The number of benzene rings is 1. The molecule has 3 rings (SSSR count). The van der Waals surface area contributed by atoms with E-state index in [0.717, 1.165) is 21.6 Å². The van der Waals surface area contributed by atoms with Crippen molar-refractivity contribution in [1.82, 2.24) is 10.3 Å². The van der Waals surface area contributed by atoms with Gasteiger partial charge in [0.1, 0.15) is 0 Å². The number of hydrogen-bond donors (Lipinski definition) is 1. The van der Waals surface area contributed by atoms with Gasteiger partial charge in [-0.15, -0.1) is 22.7 Å². The Kier molecular flexibility index (Phi) is 5.25. The summed E-state index contributed by atoms with van der Waals surface area (Å²) in [5.41, 5.74) is 1.71. The number of nitrogens with zero attached hydrogens (tertiary/aromatic N) is 1. The van der Waals surface area contributed by atoms with Gasteiger partial charge >= 0.3 is 0 Å². The van der Waals surface area contributed by atoms with Crippen LogP contribution in [0.25, 0.3) is 10.6 Å². The number of nitrogens with one attached hydrogen (secondary N) is 1. The van der Waals surface area contributed by atoms with Crippen LogP contribution in [0, 0.1) is 6.92 Å². The molecule has 0 unspecified atom stereocenters. The summed E-state index contributed by atoms with van der Waals surface area (Å²) in [5, 5.41) is 6.13. The summed E-state index contributed by atoms with van der Waals surface area (Å²) in [5.74, 6) is -0.0515. The van der Waals surface area contributed by atoms with Crippen LogP contribution in [0.1, 0.15) is 20.2 Å². The summed E-state index contributed by atoms with van der Waals surface area (Å²) in [6.45, 7) is 2.64. The minimum Gasteiger partial charge on any atom is -0.352 e. The van der Waals surface area contributed by atoms with Gasteiger partial charge in [-0.3, -0.25) is 4.79 Å². The maximum atomic E-state index is 12.1. The summed E-state index contributed by atoms with van der Waals surface area (Å²) in [4.78, 5) is 19.1. The number of halogens is 1. The molecular formula is C17H15BrN2OS2. The molecule has 0 aliphatic rings. The van der Waals surface area contributed by atoms with Gasteiger partial charge in [0.15, 0.2) is 0 Å². The molecule has 3 nitrogen and oxygen atoms in total. The van der Waals surface area contributed by atoms with Crippen LogP contribution in [0.3, 0.4) is 0 Å². The quantitative estimate of drug-likeness (QED) is 0.653. The number of carbonyl (C=O) groups excluding carboxylic acids is 1. The first-order chi connectivity index (χ1) is 11.1. The second-order valence-electron chi connectivity index (χ2n) is 5.00. The summed E-state index contributed by atoms with van der Waals surface area (Å²) in [6.07, 6.45) is 0.823. The fourth-order valence-electron chi connectivity index (χ4n) is 2.17. The first kappa shape index (κ1) is 16.4. The van der Waals surface area contributed by atoms with Crippen molar-refractivity contribution in [1.29, 1.82) is 0 Å². The van der Waals surface area contributed by atoms with Crippen LogP contribution in [-0.2, 0) is 6.42 Å². The summed E-state index contributed by atoms with van der Waals surface area (Å²) < 4.78 is 0.815. The fourth-order valence-corrected chi connectivity index (χ4v) is 4.29. The Hall–Kier alpha value is -1.50. The minimum atomic E-state index is -0.0515. The van der Waals surface area contributed by atoms with E-state index in [0.29, 0.717) is 12.1 Å². The van der Waals surface area contributed by atoms with Crippen molar-refractivity contribution in [2.45, 2.75) is 13.3 Å². The van der Waals surface area contributed by atoms with Gasteiger partial charge in [-0.25, -0.2) is 4.98 Å². The lowest BCUT2D eigenvalue weighted by molar-refractivity contribution is 0.0953. The molecule has 0 radical (unpaired) electrons. The Morgan fingerprint density at radius 1 is 1.26 bits per heavy atom. The zero-order chi connectivity index (χ0) is 16.2. The third-order valence-corrected chi connectivity index (χ3v) is 5.94. The molecule has 0 aliphatic carbocycles. The molecule has 0 bridgehead atoms. The maximum Gasteiger partial charge on any atom is 0.252 e. The molecule has 0 fully saturated rings. The Morgan fingerprint density at radius 2 is 2.09 bits per heavy atom. The Morgan fingerprint density at radius 3 is 2.83 bits per heavy atom. The number of thiazole rings is 1. The number of aryl methyl sites for hydroxylation is 1. The van der Waals surface area contributed by atoms with E-state index in [2.05, 4.69) is 43.7 Å². The van der Waals surface area contributed by atoms with E-state index in [1.54, 1.807) is 22.7 Å². The molecule has 2 aromatic heterocycles. The molecule has 6 heteroatoms. The van der Waals surface area contributed by atoms with Crippen molar-refractivity contribution in [3.63, 3.8) is 0 Å². The smallest absolute Gasteiger partial charge is 0.252 e. The molecule has 23 heavy (non-hydrogen) atoms. The van der Waals surface area contributed by atoms with Crippen molar-refractivity contribution in [2.75, 3.05) is 6.54 Å². The molecule has 0 spiro atoms. The van der Waals surface area contributed by atoms with Crippen molar-refractivity contribution >= 4 is 44.5 Å². The zero-order valence-corrected chi connectivity index (χ0v) is 15.7. The molecule has 1 N–H and O–H groups in total. The van der Waals surface area contributed by atoms with Gasteiger partial charge in [0.05, 0.1) is 21.1 Å². The lowest BCUT2D eigenvalue weighted by Crippen LogP contribution is -2.25. The topological polar surface area (TPSA) is 42.0 Å². The molecule has 118 valence electrons. The van der Waals surface area contributed by atoms with Gasteiger partial charge in [0, 0.05) is 21.3 Å². The van der Waals surface area contributed by atoms with Gasteiger partial charge in [-0.1, -0.05) is 12.1 Å².